The molecule has 0 unspecified atom stereocenters. The molecule has 2 aromatic heterocycles. The first-order valence-corrected chi connectivity index (χ1v) is 6.98. The van der Waals surface area contributed by atoms with Crippen molar-refractivity contribution in [2.24, 2.45) is 0 Å². The number of carbonyl (C=O) groups is 2. The largest absolute Gasteiger partial charge is 0.476 e. The predicted octanol–water partition coefficient (Wildman–Crippen LogP) is 0.555. The number of hydrogen-bond donors (Lipinski definition) is 3. The van der Waals surface area contributed by atoms with Gasteiger partial charge in [0.2, 0.25) is 0 Å². The van der Waals surface area contributed by atoms with E-state index in [2.05, 4.69) is 24.7 Å². The van der Waals surface area contributed by atoms with Gasteiger partial charge in [0.05, 0.1) is 12.3 Å². The van der Waals surface area contributed by atoms with E-state index in [1.807, 2.05) is 6.92 Å². The normalized spacial score (nSPS) is 9.58. The van der Waals surface area contributed by atoms with E-state index in [4.69, 9.17) is 16.6 Å². The molecule has 0 radical (unpaired) electrons. The van der Waals surface area contributed by atoms with Crippen LogP contribution in [-0.4, -0.2) is 43.6 Å². The first-order chi connectivity index (χ1) is 11.4. The maximum atomic E-state index is 11.1. The van der Waals surface area contributed by atoms with Crippen molar-refractivity contribution in [1.82, 2.24) is 19.9 Å². The maximum absolute atomic E-state index is 11.1. The minimum atomic E-state index is -1.15. The predicted molar refractivity (Wildman–Crippen MR) is 85.2 cm³/mol. The lowest BCUT2D eigenvalue weighted by Gasteiger charge is -2.01. The first kappa shape index (κ1) is 18.7. The number of aromatic nitrogens is 4. The molecule has 0 aliphatic rings. The second kappa shape index (κ2) is 8.98. The van der Waals surface area contributed by atoms with E-state index in [1.165, 1.54) is 18.6 Å². The minimum Gasteiger partial charge on any atom is -0.476 e. The number of nitrogens with zero attached hydrogens (tertiary/aromatic N) is 4. The minimum absolute atomic E-state index is 0.0261. The van der Waals surface area contributed by atoms with Gasteiger partial charge in [-0.15, -0.1) is 0 Å². The number of nitrogen functional groups attached to an aromatic ring is 2. The quantitative estimate of drug-likeness (QED) is 0.671. The fourth-order valence-electron chi connectivity index (χ4n) is 1.48. The van der Waals surface area contributed by atoms with Gasteiger partial charge in [-0.2, -0.15) is 0 Å². The zero-order chi connectivity index (χ0) is 18.1. The molecule has 0 spiro atoms. The number of carboxylic acids is 1. The summed E-state index contributed by atoms with van der Waals surface area (Å²) in [6.07, 6.45) is 4.91. The Kier molecular flexibility index (Phi) is 7.01. The highest BCUT2D eigenvalue weighted by molar-refractivity contribution is 5.91. The summed E-state index contributed by atoms with van der Waals surface area (Å²) < 4.78 is 4.69. The van der Waals surface area contributed by atoms with Gasteiger partial charge in [-0.1, -0.05) is 6.92 Å². The van der Waals surface area contributed by atoms with E-state index >= 15 is 0 Å². The van der Waals surface area contributed by atoms with Gasteiger partial charge in [-0.05, 0) is 13.3 Å². The summed E-state index contributed by atoms with van der Waals surface area (Å²) in [5.41, 5.74) is 11.3. The third-order valence-electron chi connectivity index (χ3n) is 2.61. The Labute approximate surface area is 137 Å². The van der Waals surface area contributed by atoms with Gasteiger partial charge in [-0.3, -0.25) is 0 Å². The van der Waals surface area contributed by atoms with E-state index in [0.717, 1.165) is 0 Å². The highest BCUT2D eigenvalue weighted by Gasteiger charge is 2.12. The van der Waals surface area contributed by atoms with Crippen LogP contribution in [0.1, 0.15) is 40.5 Å². The molecule has 0 bridgehead atoms. The molecule has 0 aromatic carbocycles. The smallest absolute Gasteiger partial charge is 0.360 e. The van der Waals surface area contributed by atoms with E-state index in [0.29, 0.717) is 18.7 Å². The Bertz CT molecular complexity index is 722. The number of carbonyl (C=O) groups excluding carboxylic acids is 1. The number of ether oxygens (including phenoxy) is 1. The van der Waals surface area contributed by atoms with Crippen molar-refractivity contribution >= 4 is 23.6 Å². The van der Waals surface area contributed by atoms with Crippen LogP contribution in [0.5, 0.6) is 0 Å². The van der Waals surface area contributed by atoms with Crippen molar-refractivity contribution in [1.29, 1.82) is 0 Å². The van der Waals surface area contributed by atoms with E-state index in [1.54, 1.807) is 6.92 Å². The molecule has 0 saturated carbocycles. The molecule has 2 aromatic rings. The molecular weight excluding hydrogens is 316 g/mol. The fraction of sp³-hybridized carbons (Fsp3) is 0.286. The van der Waals surface area contributed by atoms with Crippen molar-refractivity contribution in [2.75, 3.05) is 18.1 Å². The van der Waals surface area contributed by atoms with Gasteiger partial charge in [0, 0.05) is 18.6 Å². The SMILES string of the molecule is CCOC(=O)c1nccnc1N.CCc1cnc(C(=O)O)c(N)n1. The van der Waals surface area contributed by atoms with Gasteiger partial charge in [0.25, 0.3) is 0 Å². The Hall–Kier alpha value is -3.30. The molecule has 5 N–H and O–H groups in total. The monoisotopic (exact) mass is 334 g/mol. The highest BCUT2D eigenvalue weighted by Crippen LogP contribution is 2.06. The number of aromatic carboxylic acids is 1. The van der Waals surface area contributed by atoms with Gasteiger partial charge in [0.15, 0.2) is 23.0 Å². The summed E-state index contributed by atoms with van der Waals surface area (Å²) >= 11 is 0. The Morgan fingerprint density at radius 1 is 1.08 bits per heavy atom. The van der Waals surface area contributed by atoms with Crippen LogP contribution < -0.4 is 11.5 Å². The standard InChI is InChI=1S/2C7H9N3O2/c1-2-12-7(11)5-6(8)10-4-3-9-5;1-2-4-3-9-5(7(11)12)6(8)10-4/h3-4H,2H2,1H3,(H2,8,10);3H,2H2,1H3,(H2,8,10)(H,11,12). The molecule has 24 heavy (non-hydrogen) atoms. The second-order valence-corrected chi connectivity index (χ2v) is 4.26. The van der Waals surface area contributed by atoms with Crippen LogP contribution in [0.2, 0.25) is 0 Å². The average molecular weight is 334 g/mol. The van der Waals surface area contributed by atoms with Gasteiger partial charge >= 0.3 is 11.9 Å². The topological polar surface area (TPSA) is 167 Å². The zero-order valence-corrected chi connectivity index (χ0v) is 13.3. The number of esters is 1. The molecule has 0 amide bonds. The van der Waals surface area contributed by atoms with Crippen LogP contribution in [0, 0.1) is 0 Å². The van der Waals surface area contributed by atoms with Crippen LogP contribution in [0.3, 0.4) is 0 Å². The van der Waals surface area contributed by atoms with Crippen molar-refractivity contribution in [3.05, 3.63) is 35.7 Å². The number of aryl methyl sites for hydroxylation is 1. The third kappa shape index (κ3) is 5.16. The van der Waals surface area contributed by atoms with Crippen molar-refractivity contribution in [2.45, 2.75) is 20.3 Å². The average Bonchev–Trinajstić information content (AvgIpc) is 2.55. The molecule has 2 heterocycles. The van der Waals surface area contributed by atoms with Gasteiger partial charge in [-0.25, -0.2) is 29.5 Å². The molecule has 2 rings (SSSR count). The zero-order valence-electron chi connectivity index (χ0n) is 13.3. The molecule has 0 atom stereocenters. The van der Waals surface area contributed by atoms with Crippen LogP contribution in [0.15, 0.2) is 18.6 Å². The molecule has 0 saturated heterocycles. The van der Waals surface area contributed by atoms with E-state index < -0.39 is 11.9 Å². The van der Waals surface area contributed by atoms with Crippen molar-refractivity contribution in [3.8, 4) is 0 Å². The Balaban J connectivity index is 0.000000240. The molecule has 10 heteroatoms. The molecule has 0 fully saturated rings. The number of rotatable bonds is 4. The van der Waals surface area contributed by atoms with E-state index in [9.17, 15) is 9.59 Å². The molecule has 10 nitrogen and oxygen atoms in total. The summed E-state index contributed by atoms with van der Waals surface area (Å²) in [4.78, 5) is 36.4. The summed E-state index contributed by atoms with van der Waals surface area (Å²) in [5, 5.41) is 8.55. The summed E-state index contributed by atoms with van der Waals surface area (Å²) in [6.45, 7) is 3.91. The molecule has 0 aliphatic heterocycles. The number of nitrogens with two attached hydrogens (primary N) is 2. The number of carboxylic acid groups (broad SMARTS) is 1. The maximum Gasteiger partial charge on any atom is 0.360 e. The van der Waals surface area contributed by atoms with Crippen molar-refractivity contribution in [3.63, 3.8) is 0 Å². The summed E-state index contributed by atoms with van der Waals surface area (Å²) in [6, 6.07) is 0. The Morgan fingerprint density at radius 3 is 2.25 bits per heavy atom. The van der Waals surface area contributed by atoms with E-state index in [-0.39, 0.29) is 23.0 Å². The third-order valence-corrected chi connectivity index (χ3v) is 2.61. The fourth-order valence-corrected chi connectivity index (χ4v) is 1.48. The lowest BCUT2D eigenvalue weighted by atomic mass is 10.3. The summed E-state index contributed by atoms with van der Waals surface area (Å²) in [5.74, 6) is -1.62. The molecule has 128 valence electrons. The summed E-state index contributed by atoms with van der Waals surface area (Å²) in [7, 11) is 0. The van der Waals surface area contributed by atoms with Crippen molar-refractivity contribution < 1.29 is 19.4 Å². The first-order valence-electron chi connectivity index (χ1n) is 6.98. The van der Waals surface area contributed by atoms with Crippen LogP contribution >= 0.6 is 0 Å². The molecule has 0 aliphatic carbocycles. The lowest BCUT2D eigenvalue weighted by Crippen LogP contribution is -2.11. The van der Waals surface area contributed by atoms with Crippen LogP contribution in [-0.2, 0) is 11.2 Å². The lowest BCUT2D eigenvalue weighted by molar-refractivity contribution is 0.0520. The number of anilines is 2. The molecular formula is C14H18N6O4. The van der Waals surface area contributed by atoms with Crippen LogP contribution in [0.25, 0.3) is 0 Å². The van der Waals surface area contributed by atoms with Gasteiger partial charge < -0.3 is 21.3 Å². The van der Waals surface area contributed by atoms with Gasteiger partial charge in [0.1, 0.15) is 0 Å². The van der Waals surface area contributed by atoms with Crippen LogP contribution in [0.4, 0.5) is 11.6 Å². The highest BCUT2D eigenvalue weighted by atomic mass is 16.5. The number of hydrogen-bond acceptors (Lipinski definition) is 9. The second-order valence-electron chi connectivity index (χ2n) is 4.26. The Morgan fingerprint density at radius 2 is 1.75 bits per heavy atom.